The zero-order valence-electron chi connectivity index (χ0n) is 5.35. The van der Waals surface area contributed by atoms with Gasteiger partial charge < -0.3 is 9.72 Å². The maximum atomic E-state index is 10.7. The summed E-state index contributed by atoms with van der Waals surface area (Å²) < 4.78 is 4.74. The van der Waals surface area contributed by atoms with Crippen LogP contribution in [0.3, 0.4) is 0 Å². The van der Waals surface area contributed by atoms with Gasteiger partial charge in [-0.05, 0) is 0 Å². The van der Waals surface area contributed by atoms with Crippen molar-refractivity contribution in [3.63, 3.8) is 0 Å². The average molecular weight is 160 g/mol. The number of nitrogens with one attached hydrogen (secondary N) is 1. The molecular weight excluding hydrogens is 154 g/mol. The number of hydrogen-bond acceptors (Lipinski definition) is 2. The fourth-order valence-electron chi connectivity index (χ4n) is 0.596. The molecule has 1 aromatic heterocycles. The molecule has 0 atom stereocenters. The predicted octanol–water partition coefficient (Wildman–Crippen LogP) is 1.04. The Morgan fingerprint density at radius 3 is 2.80 bits per heavy atom. The van der Waals surface area contributed by atoms with Gasteiger partial charge in [0.15, 0.2) is 11.3 Å². The minimum absolute atomic E-state index is 0.166. The number of methoxy groups -OCH3 is 1. The lowest BCUT2D eigenvalue weighted by molar-refractivity contribution is 0.397. The molecule has 4 heteroatoms. The zero-order valence-corrected chi connectivity index (χ0v) is 6.11. The Morgan fingerprint density at radius 1 is 1.60 bits per heavy atom. The zero-order chi connectivity index (χ0) is 7.56. The van der Waals surface area contributed by atoms with E-state index in [0.717, 1.165) is 0 Å². The molecule has 1 rings (SSSR count). The van der Waals surface area contributed by atoms with Gasteiger partial charge in [-0.3, -0.25) is 4.79 Å². The van der Waals surface area contributed by atoms with Gasteiger partial charge in [0.1, 0.15) is 5.15 Å². The fraction of sp³-hybridized carbons (Fsp3) is 0.167. The van der Waals surface area contributed by atoms with Crippen LogP contribution in [0.15, 0.2) is 16.9 Å². The third kappa shape index (κ3) is 1.51. The number of pyridine rings is 1. The van der Waals surface area contributed by atoms with Crippen LogP contribution >= 0.6 is 11.6 Å². The van der Waals surface area contributed by atoms with Crippen molar-refractivity contribution in [2.24, 2.45) is 0 Å². The van der Waals surface area contributed by atoms with Gasteiger partial charge >= 0.3 is 0 Å². The van der Waals surface area contributed by atoms with Crippen LogP contribution in [0.2, 0.25) is 5.15 Å². The summed E-state index contributed by atoms with van der Waals surface area (Å²) in [5, 5.41) is 0.282. The maximum Gasteiger partial charge on any atom is 0.195 e. The van der Waals surface area contributed by atoms with Crippen molar-refractivity contribution in [3.05, 3.63) is 27.5 Å². The molecule has 0 aliphatic carbocycles. The average Bonchev–Trinajstić information content (AvgIpc) is 1.85. The summed E-state index contributed by atoms with van der Waals surface area (Å²) >= 11 is 5.49. The Hall–Kier alpha value is -0.960. The second-order valence-corrected chi connectivity index (χ2v) is 2.14. The minimum Gasteiger partial charge on any atom is -0.482 e. The summed E-state index contributed by atoms with van der Waals surface area (Å²) in [5.74, 6) is 0.373. The highest BCUT2D eigenvalue weighted by molar-refractivity contribution is 6.29. The fourth-order valence-corrected chi connectivity index (χ4v) is 0.796. The van der Waals surface area contributed by atoms with E-state index in [9.17, 15) is 4.79 Å². The highest BCUT2D eigenvalue weighted by atomic mass is 35.5. The van der Waals surface area contributed by atoms with Gasteiger partial charge in [-0.25, -0.2) is 0 Å². The van der Waals surface area contributed by atoms with Gasteiger partial charge in [-0.15, -0.1) is 0 Å². The topological polar surface area (TPSA) is 42.1 Å². The molecule has 1 aromatic rings. The molecule has 1 heterocycles. The lowest BCUT2D eigenvalue weighted by Crippen LogP contribution is -1.99. The molecule has 0 saturated carbocycles. The van der Waals surface area contributed by atoms with Crippen LogP contribution in [-0.4, -0.2) is 12.1 Å². The minimum atomic E-state index is -0.166. The molecule has 0 aliphatic heterocycles. The molecule has 0 aliphatic rings. The van der Waals surface area contributed by atoms with E-state index in [4.69, 9.17) is 16.3 Å². The van der Waals surface area contributed by atoms with Crippen LogP contribution in [-0.2, 0) is 0 Å². The Labute approximate surface area is 62.6 Å². The number of H-pyrrole nitrogens is 1. The Bertz CT molecular complexity index is 281. The molecular formula is C6H6ClNO2. The highest BCUT2D eigenvalue weighted by Crippen LogP contribution is 2.06. The van der Waals surface area contributed by atoms with Crippen molar-refractivity contribution in [3.8, 4) is 5.88 Å². The van der Waals surface area contributed by atoms with Crippen LogP contribution in [0.1, 0.15) is 0 Å². The smallest absolute Gasteiger partial charge is 0.195 e. The molecule has 0 saturated heterocycles. The number of ether oxygens (including phenoxy) is 1. The molecule has 1 N–H and O–H groups in total. The molecule has 0 radical (unpaired) electrons. The van der Waals surface area contributed by atoms with Gasteiger partial charge in [0, 0.05) is 12.1 Å². The van der Waals surface area contributed by atoms with Crippen LogP contribution in [0.4, 0.5) is 0 Å². The van der Waals surface area contributed by atoms with E-state index < -0.39 is 0 Å². The second kappa shape index (κ2) is 2.75. The van der Waals surface area contributed by atoms with E-state index >= 15 is 0 Å². The van der Waals surface area contributed by atoms with Gasteiger partial charge in [-0.1, -0.05) is 11.6 Å². The van der Waals surface area contributed by atoms with E-state index in [1.807, 2.05) is 0 Å². The van der Waals surface area contributed by atoms with Gasteiger partial charge in [0.2, 0.25) is 0 Å². The second-order valence-electron chi connectivity index (χ2n) is 1.73. The summed E-state index contributed by atoms with van der Waals surface area (Å²) in [5.41, 5.74) is -0.166. The van der Waals surface area contributed by atoms with Crippen molar-refractivity contribution in [1.82, 2.24) is 4.98 Å². The first-order valence-electron chi connectivity index (χ1n) is 2.66. The monoisotopic (exact) mass is 159 g/mol. The lowest BCUT2D eigenvalue weighted by atomic mass is 10.5. The Balaban J connectivity index is 3.19. The van der Waals surface area contributed by atoms with Crippen LogP contribution in [0.5, 0.6) is 5.88 Å². The third-order valence-corrected chi connectivity index (χ3v) is 1.21. The first-order chi connectivity index (χ1) is 4.72. The molecule has 10 heavy (non-hydrogen) atoms. The summed E-state index contributed by atoms with van der Waals surface area (Å²) in [4.78, 5) is 13.3. The first kappa shape index (κ1) is 7.15. The molecule has 0 amide bonds. The van der Waals surface area contributed by atoms with Crippen LogP contribution in [0, 0.1) is 0 Å². The number of rotatable bonds is 1. The quantitative estimate of drug-likeness (QED) is 0.622. The summed E-state index contributed by atoms with van der Waals surface area (Å²) in [7, 11) is 1.46. The van der Waals surface area contributed by atoms with E-state index in [0.29, 0.717) is 5.88 Å². The molecule has 0 fully saturated rings. The number of aromatic nitrogens is 1. The SMILES string of the molecule is COc1cc(=O)cc(Cl)[nH]1. The van der Waals surface area contributed by atoms with Crippen molar-refractivity contribution in [2.75, 3.05) is 7.11 Å². The summed E-state index contributed by atoms with van der Waals surface area (Å²) in [6.07, 6.45) is 0. The molecule has 3 nitrogen and oxygen atoms in total. The maximum absolute atomic E-state index is 10.7. The Morgan fingerprint density at radius 2 is 2.30 bits per heavy atom. The predicted molar refractivity (Wildman–Crippen MR) is 38.6 cm³/mol. The Kier molecular flexibility index (Phi) is 1.97. The van der Waals surface area contributed by atoms with Crippen molar-refractivity contribution < 1.29 is 4.74 Å². The third-order valence-electron chi connectivity index (χ3n) is 1.00. The van der Waals surface area contributed by atoms with Crippen molar-refractivity contribution in [2.45, 2.75) is 0 Å². The molecule has 0 bridgehead atoms. The van der Waals surface area contributed by atoms with Gasteiger partial charge in [-0.2, -0.15) is 0 Å². The summed E-state index contributed by atoms with van der Waals surface area (Å²) in [6.45, 7) is 0. The first-order valence-corrected chi connectivity index (χ1v) is 3.04. The van der Waals surface area contributed by atoms with E-state index in [2.05, 4.69) is 4.98 Å². The number of halogens is 1. The van der Waals surface area contributed by atoms with E-state index in [-0.39, 0.29) is 10.6 Å². The molecule has 54 valence electrons. The van der Waals surface area contributed by atoms with Gasteiger partial charge in [0.05, 0.1) is 7.11 Å². The van der Waals surface area contributed by atoms with E-state index in [1.165, 1.54) is 19.2 Å². The lowest BCUT2D eigenvalue weighted by Gasteiger charge is -1.97. The van der Waals surface area contributed by atoms with Crippen LogP contribution < -0.4 is 10.2 Å². The van der Waals surface area contributed by atoms with Gasteiger partial charge in [0.25, 0.3) is 0 Å². The van der Waals surface area contributed by atoms with Crippen molar-refractivity contribution in [1.29, 1.82) is 0 Å². The standard InChI is InChI=1S/C6H6ClNO2/c1-10-6-3-4(9)2-5(7)8-6/h2-3H,1H3,(H,8,9). The van der Waals surface area contributed by atoms with Crippen LogP contribution in [0.25, 0.3) is 0 Å². The normalized spacial score (nSPS) is 9.40. The number of hydrogen-bond donors (Lipinski definition) is 1. The molecule has 0 spiro atoms. The number of aromatic amines is 1. The molecule has 0 aromatic carbocycles. The largest absolute Gasteiger partial charge is 0.482 e. The van der Waals surface area contributed by atoms with E-state index in [1.54, 1.807) is 0 Å². The highest BCUT2D eigenvalue weighted by Gasteiger charge is 1.93. The summed E-state index contributed by atoms with van der Waals surface area (Å²) in [6, 6.07) is 2.61. The molecule has 0 unspecified atom stereocenters. The van der Waals surface area contributed by atoms with Crippen molar-refractivity contribution >= 4 is 11.6 Å².